The molecule has 1 aromatic heterocycles. The van der Waals surface area contributed by atoms with Gasteiger partial charge < -0.3 is 20.4 Å². The van der Waals surface area contributed by atoms with E-state index in [1.807, 2.05) is 37.3 Å². The van der Waals surface area contributed by atoms with E-state index < -0.39 is 0 Å². The van der Waals surface area contributed by atoms with Crippen LogP contribution >= 0.6 is 24.0 Å². The third-order valence-electron chi connectivity index (χ3n) is 3.05. The molecule has 1 aromatic carbocycles. The van der Waals surface area contributed by atoms with Crippen LogP contribution in [0.3, 0.4) is 0 Å². The summed E-state index contributed by atoms with van der Waals surface area (Å²) in [7, 11) is 0. The van der Waals surface area contributed by atoms with Gasteiger partial charge in [-0.25, -0.2) is 4.99 Å². The second-order valence-corrected chi connectivity index (χ2v) is 4.84. The van der Waals surface area contributed by atoms with Gasteiger partial charge in [-0.15, -0.1) is 24.0 Å². The van der Waals surface area contributed by atoms with E-state index in [2.05, 4.69) is 20.9 Å². The summed E-state index contributed by atoms with van der Waals surface area (Å²) in [6, 6.07) is 13.4. The van der Waals surface area contributed by atoms with E-state index in [4.69, 9.17) is 4.42 Å². The average molecular weight is 442 g/mol. The molecule has 1 amide bonds. The molecule has 0 atom stereocenters. The Balaban J connectivity index is 0.00000288. The quantitative estimate of drug-likeness (QED) is 0.266. The van der Waals surface area contributed by atoms with Crippen LogP contribution in [-0.2, 0) is 6.54 Å². The van der Waals surface area contributed by atoms with E-state index in [0.717, 1.165) is 18.1 Å². The number of benzene rings is 1. The number of nitrogens with one attached hydrogen (secondary N) is 3. The molecule has 3 N–H and O–H groups in total. The summed E-state index contributed by atoms with van der Waals surface area (Å²) in [4.78, 5) is 16.2. The second-order valence-electron chi connectivity index (χ2n) is 4.84. The van der Waals surface area contributed by atoms with E-state index in [0.29, 0.717) is 25.4 Å². The smallest absolute Gasteiger partial charge is 0.287 e. The van der Waals surface area contributed by atoms with Gasteiger partial charge in [0.05, 0.1) is 12.8 Å². The molecule has 0 radical (unpaired) electrons. The van der Waals surface area contributed by atoms with E-state index in [1.165, 1.54) is 6.26 Å². The molecule has 0 saturated carbocycles. The van der Waals surface area contributed by atoms with Crippen LogP contribution in [0.4, 0.5) is 0 Å². The Kier molecular flexibility index (Phi) is 9.59. The van der Waals surface area contributed by atoms with Gasteiger partial charge in [-0.05, 0) is 24.6 Å². The van der Waals surface area contributed by atoms with Gasteiger partial charge in [-0.2, -0.15) is 0 Å². The number of rotatable bonds is 7. The molecule has 7 heteroatoms. The third-order valence-corrected chi connectivity index (χ3v) is 3.05. The van der Waals surface area contributed by atoms with E-state index in [9.17, 15) is 4.79 Å². The monoisotopic (exact) mass is 442 g/mol. The topological polar surface area (TPSA) is 78.7 Å². The van der Waals surface area contributed by atoms with E-state index in [-0.39, 0.29) is 29.9 Å². The van der Waals surface area contributed by atoms with Gasteiger partial charge in [0.25, 0.3) is 5.91 Å². The van der Waals surface area contributed by atoms with E-state index >= 15 is 0 Å². The maximum Gasteiger partial charge on any atom is 0.287 e. The largest absolute Gasteiger partial charge is 0.459 e. The van der Waals surface area contributed by atoms with Crippen LogP contribution in [0.25, 0.3) is 0 Å². The van der Waals surface area contributed by atoms with Crippen molar-refractivity contribution < 1.29 is 9.21 Å². The van der Waals surface area contributed by atoms with Crippen molar-refractivity contribution in [2.75, 3.05) is 19.6 Å². The molecule has 0 aliphatic heterocycles. The molecular weight excluding hydrogens is 419 g/mol. The number of aliphatic imine (C=N–C) groups is 1. The number of hydrogen-bond acceptors (Lipinski definition) is 3. The summed E-state index contributed by atoms with van der Waals surface area (Å²) in [5.41, 5.74) is 1.15. The van der Waals surface area contributed by atoms with E-state index in [1.54, 1.807) is 12.1 Å². The fraction of sp³-hybridized carbons (Fsp3) is 0.294. The molecular formula is C17H23IN4O2. The van der Waals surface area contributed by atoms with Crippen molar-refractivity contribution in [2.24, 2.45) is 4.99 Å². The standard InChI is InChI=1S/C17H22N4O2.HI/c1-2-18-17(21-13-14-7-4-3-5-8-14)20-11-10-19-16(22)15-9-6-12-23-15;/h3-9,12H,2,10-11,13H2,1H3,(H,19,22)(H2,18,20,21);1H. The molecule has 0 spiro atoms. The van der Waals surface area contributed by atoms with Crippen LogP contribution in [0.15, 0.2) is 58.1 Å². The summed E-state index contributed by atoms with van der Waals surface area (Å²) in [5.74, 6) is 0.821. The number of furan rings is 1. The number of guanidine groups is 1. The number of halogens is 1. The first-order valence-corrected chi connectivity index (χ1v) is 7.67. The summed E-state index contributed by atoms with van der Waals surface area (Å²) < 4.78 is 5.03. The maximum atomic E-state index is 11.7. The van der Waals surface area contributed by atoms with Crippen molar-refractivity contribution in [1.82, 2.24) is 16.0 Å². The zero-order valence-electron chi connectivity index (χ0n) is 13.6. The van der Waals surface area contributed by atoms with Crippen LogP contribution in [0, 0.1) is 0 Å². The fourth-order valence-electron chi connectivity index (χ4n) is 1.95. The first-order chi connectivity index (χ1) is 11.3. The van der Waals surface area contributed by atoms with Gasteiger partial charge >= 0.3 is 0 Å². The van der Waals surface area contributed by atoms with Crippen LogP contribution in [0.5, 0.6) is 0 Å². The molecule has 0 bridgehead atoms. The number of nitrogens with zero attached hydrogens (tertiary/aromatic N) is 1. The number of hydrogen-bond donors (Lipinski definition) is 3. The van der Waals surface area contributed by atoms with Crippen molar-refractivity contribution in [2.45, 2.75) is 13.5 Å². The SMILES string of the molecule is CCNC(=NCc1ccccc1)NCCNC(=O)c1ccco1.I. The number of amides is 1. The summed E-state index contributed by atoms with van der Waals surface area (Å²) in [6.07, 6.45) is 1.48. The van der Waals surface area contributed by atoms with Gasteiger partial charge in [-0.3, -0.25) is 4.79 Å². The lowest BCUT2D eigenvalue weighted by Crippen LogP contribution is -2.41. The summed E-state index contributed by atoms with van der Waals surface area (Å²) >= 11 is 0. The molecule has 1 heterocycles. The summed E-state index contributed by atoms with van der Waals surface area (Å²) in [6.45, 7) is 4.45. The Morgan fingerprint density at radius 2 is 1.79 bits per heavy atom. The zero-order chi connectivity index (χ0) is 16.3. The minimum Gasteiger partial charge on any atom is -0.459 e. The average Bonchev–Trinajstić information content (AvgIpc) is 3.12. The molecule has 0 unspecified atom stereocenters. The first kappa shape index (κ1) is 20.0. The minimum absolute atomic E-state index is 0. The minimum atomic E-state index is -0.219. The lowest BCUT2D eigenvalue weighted by atomic mass is 10.2. The zero-order valence-corrected chi connectivity index (χ0v) is 15.9. The molecule has 130 valence electrons. The molecule has 0 saturated heterocycles. The van der Waals surface area contributed by atoms with Crippen LogP contribution in [-0.4, -0.2) is 31.5 Å². The normalized spacial score (nSPS) is 10.6. The Hall–Kier alpha value is -2.03. The Morgan fingerprint density at radius 3 is 2.46 bits per heavy atom. The maximum absolute atomic E-state index is 11.7. The predicted octanol–water partition coefficient (Wildman–Crippen LogP) is 2.38. The van der Waals surface area contributed by atoms with Crippen molar-refractivity contribution in [1.29, 1.82) is 0 Å². The first-order valence-electron chi connectivity index (χ1n) is 7.67. The Bertz CT molecular complexity index is 615. The highest BCUT2D eigenvalue weighted by Gasteiger charge is 2.06. The van der Waals surface area contributed by atoms with Crippen molar-refractivity contribution >= 4 is 35.8 Å². The Labute approximate surface area is 159 Å². The molecule has 24 heavy (non-hydrogen) atoms. The molecule has 0 aliphatic rings. The van der Waals surface area contributed by atoms with Gasteiger partial charge in [-0.1, -0.05) is 30.3 Å². The van der Waals surface area contributed by atoms with Crippen LogP contribution in [0.2, 0.25) is 0 Å². The predicted molar refractivity (Wildman–Crippen MR) is 106 cm³/mol. The molecule has 0 aliphatic carbocycles. The van der Waals surface area contributed by atoms with Gasteiger partial charge in [0.2, 0.25) is 0 Å². The highest BCUT2D eigenvalue weighted by molar-refractivity contribution is 14.0. The number of carbonyl (C=O) groups is 1. The van der Waals surface area contributed by atoms with Gasteiger partial charge in [0, 0.05) is 19.6 Å². The highest BCUT2D eigenvalue weighted by atomic mass is 127. The van der Waals surface area contributed by atoms with Crippen LogP contribution in [0.1, 0.15) is 23.0 Å². The second kappa shape index (κ2) is 11.5. The van der Waals surface area contributed by atoms with Crippen molar-refractivity contribution in [3.05, 3.63) is 60.1 Å². The van der Waals surface area contributed by atoms with Gasteiger partial charge in [0.1, 0.15) is 0 Å². The molecule has 0 fully saturated rings. The molecule has 2 aromatic rings. The van der Waals surface area contributed by atoms with Crippen molar-refractivity contribution in [3.8, 4) is 0 Å². The Morgan fingerprint density at radius 1 is 1.04 bits per heavy atom. The van der Waals surface area contributed by atoms with Crippen LogP contribution < -0.4 is 16.0 Å². The lowest BCUT2D eigenvalue weighted by Gasteiger charge is -2.11. The van der Waals surface area contributed by atoms with Gasteiger partial charge in [0.15, 0.2) is 11.7 Å². The summed E-state index contributed by atoms with van der Waals surface area (Å²) in [5, 5.41) is 9.14. The molecule has 2 rings (SSSR count). The molecule has 6 nitrogen and oxygen atoms in total. The lowest BCUT2D eigenvalue weighted by molar-refractivity contribution is 0.0926. The van der Waals surface area contributed by atoms with Crippen molar-refractivity contribution in [3.63, 3.8) is 0 Å². The number of carbonyl (C=O) groups excluding carboxylic acids is 1. The fourth-order valence-corrected chi connectivity index (χ4v) is 1.95. The third kappa shape index (κ3) is 7.03. The highest BCUT2D eigenvalue weighted by Crippen LogP contribution is 2.00.